The molecule has 1 aliphatic rings. The second-order valence-electron chi connectivity index (χ2n) is 5.84. The van der Waals surface area contributed by atoms with Crippen molar-refractivity contribution in [3.8, 4) is 0 Å². The molecule has 1 saturated carbocycles. The molecule has 4 heteroatoms. The second kappa shape index (κ2) is 6.86. The van der Waals surface area contributed by atoms with E-state index in [4.69, 9.17) is 0 Å². The quantitative estimate of drug-likeness (QED) is 0.817. The molecule has 1 atom stereocenters. The van der Waals surface area contributed by atoms with E-state index in [9.17, 15) is 9.90 Å². The van der Waals surface area contributed by atoms with E-state index in [1.165, 1.54) is 5.56 Å². The summed E-state index contributed by atoms with van der Waals surface area (Å²) >= 11 is 0. The molecule has 0 aliphatic heterocycles. The number of aliphatic hydroxyl groups is 1. The minimum atomic E-state index is -0.358. The van der Waals surface area contributed by atoms with E-state index >= 15 is 0 Å². The van der Waals surface area contributed by atoms with Gasteiger partial charge in [0.2, 0.25) is 5.91 Å². The maximum atomic E-state index is 12.1. The van der Waals surface area contributed by atoms with Crippen molar-refractivity contribution in [2.45, 2.75) is 25.5 Å². The molecule has 0 saturated heterocycles. The van der Waals surface area contributed by atoms with Crippen LogP contribution in [0.2, 0.25) is 0 Å². The van der Waals surface area contributed by atoms with Gasteiger partial charge < -0.3 is 10.0 Å². The highest BCUT2D eigenvalue weighted by atomic mass is 16.3. The van der Waals surface area contributed by atoms with Crippen molar-refractivity contribution in [1.82, 2.24) is 9.80 Å². The molecule has 1 aromatic carbocycles. The molecule has 1 N–H and O–H groups in total. The Morgan fingerprint density at radius 1 is 1.30 bits per heavy atom. The molecule has 1 aromatic rings. The van der Waals surface area contributed by atoms with Crippen molar-refractivity contribution in [2.75, 3.05) is 27.2 Å². The molecule has 110 valence electrons. The maximum Gasteiger partial charge on any atom is 0.236 e. The van der Waals surface area contributed by atoms with Crippen molar-refractivity contribution in [2.24, 2.45) is 5.92 Å². The second-order valence-corrected chi connectivity index (χ2v) is 5.84. The zero-order chi connectivity index (χ0) is 14.5. The topological polar surface area (TPSA) is 43.8 Å². The largest absolute Gasteiger partial charge is 0.391 e. The average Bonchev–Trinajstić information content (AvgIpc) is 3.23. The number of aliphatic hydroxyl groups excluding tert-OH is 1. The van der Waals surface area contributed by atoms with E-state index in [1.54, 1.807) is 11.9 Å². The number of carbonyl (C=O) groups is 1. The SMILES string of the molecule is CN(CC(=O)N(C)CC(O)C1CC1)Cc1ccccc1. The van der Waals surface area contributed by atoms with Crippen molar-refractivity contribution in [1.29, 1.82) is 0 Å². The lowest BCUT2D eigenvalue weighted by Gasteiger charge is -2.24. The van der Waals surface area contributed by atoms with Crippen LogP contribution in [-0.4, -0.2) is 54.1 Å². The van der Waals surface area contributed by atoms with Gasteiger partial charge in [0.15, 0.2) is 0 Å². The third-order valence-electron chi connectivity index (χ3n) is 3.75. The first kappa shape index (κ1) is 15.0. The summed E-state index contributed by atoms with van der Waals surface area (Å²) in [7, 11) is 3.71. The van der Waals surface area contributed by atoms with Gasteiger partial charge in [0.05, 0.1) is 12.6 Å². The fourth-order valence-electron chi connectivity index (χ4n) is 2.32. The molecule has 1 aliphatic carbocycles. The highest BCUT2D eigenvalue weighted by Gasteiger charge is 2.31. The monoisotopic (exact) mass is 276 g/mol. The Bertz CT molecular complexity index is 431. The molecule has 2 rings (SSSR count). The molecule has 0 radical (unpaired) electrons. The number of rotatable bonds is 7. The zero-order valence-electron chi connectivity index (χ0n) is 12.3. The minimum Gasteiger partial charge on any atom is -0.391 e. The van der Waals surface area contributed by atoms with Crippen LogP contribution in [0.15, 0.2) is 30.3 Å². The zero-order valence-corrected chi connectivity index (χ0v) is 12.3. The van der Waals surface area contributed by atoms with Gasteiger partial charge in [0.25, 0.3) is 0 Å². The highest BCUT2D eigenvalue weighted by molar-refractivity contribution is 5.78. The van der Waals surface area contributed by atoms with Gasteiger partial charge in [-0.15, -0.1) is 0 Å². The lowest BCUT2D eigenvalue weighted by molar-refractivity contribution is -0.132. The van der Waals surface area contributed by atoms with Gasteiger partial charge in [-0.25, -0.2) is 0 Å². The number of hydrogen-bond donors (Lipinski definition) is 1. The van der Waals surface area contributed by atoms with Crippen molar-refractivity contribution in [3.63, 3.8) is 0 Å². The van der Waals surface area contributed by atoms with Crippen LogP contribution < -0.4 is 0 Å². The molecule has 0 aromatic heterocycles. The van der Waals surface area contributed by atoms with E-state index in [-0.39, 0.29) is 12.0 Å². The van der Waals surface area contributed by atoms with Crippen LogP contribution in [0, 0.1) is 5.92 Å². The van der Waals surface area contributed by atoms with Gasteiger partial charge in [-0.1, -0.05) is 30.3 Å². The fourth-order valence-corrected chi connectivity index (χ4v) is 2.32. The molecule has 1 fully saturated rings. The summed E-state index contributed by atoms with van der Waals surface area (Å²) in [4.78, 5) is 15.7. The number of amides is 1. The first-order valence-corrected chi connectivity index (χ1v) is 7.20. The van der Waals surface area contributed by atoms with Gasteiger partial charge in [0, 0.05) is 20.1 Å². The number of hydrogen-bond acceptors (Lipinski definition) is 3. The summed E-state index contributed by atoms with van der Waals surface area (Å²) in [5, 5.41) is 9.87. The van der Waals surface area contributed by atoms with E-state index < -0.39 is 0 Å². The van der Waals surface area contributed by atoms with Crippen LogP contribution >= 0.6 is 0 Å². The molecule has 0 bridgehead atoms. The van der Waals surface area contributed by atoms with Crippen LogP contribution in [0.3, 0.4) is 0 Å². The van der Waals surface area contributed by atoms with Gasteiger partial charge in [-0.05, 0) is 31.4 Å². The van der Waals surface area contributed by atoms with Crippen LogP contribution in [-0.2, 0) is 11.3 Å². The highest BCUT2D eigenvalue weighted by Crippen LogP contribution is 2.32. The average molecular weight is 276 g/mol. The first-order valence-electron chi connectivity index (χ1n) is 7.20. The Labute approximate surface area is 121 Å². The Morgan fingerprint density at radius 2 is 1.95 bits per heavy atom. The van der Waals surface area contributed by atoms with E-state index in [0.29, 0.717) is 19.0 Å². The minimum absolute atomic E-state index is 0.0585. The van der Waals surface area contributed by atoms with Crippen LogP contribution in [0.1, 0.15) is 18.4 Å². The van der Waals surface area contributed by atoms with Gasteiger partial charge in [-0.3, -0.25) is 9.69 Å². The lowest BCUT2D eigenvalue weighted by Crippen LogP contribution is -2.40. The van der Waals surface area contributed by atoms with E-state index in [0.717, 1.165) is 19.4 Å². The maximum absolute atomic E-state index is 12.1. The standard InChI is InChI=1S/C16H24N2O2/c1-17(10-13-6-4-3-5-7-13)12-16(20)18(2)11-15(19)14-8-9-14/h3-7,14-15,19H,8-12H2,1-2H3. The number of likely N-dealkylation sites (N-methyl/N-ethyl adjacent to an activating group) is 2. The molecule has 0 spiro atoms. The lowest BCUT2D eigenvalue weighted by atomic mass is 10.2. The Kier molecular flexibility index (Phi) is 5.15. The molecule has 0 heterocycles. The molecule has 1 amide bonds. The number of nitrogens with zero attached hydrogens (tertiary/aromatic N) is 2. The van der Waals surface area contributed by atoms with Gasteiger partial charge in [-0.2, -0.15) is 0 Å². The third-order valence-corrected chi connectivity index (χ3v) is 3.75. The molecular formula is C16H24N2O2. The molecular weight excluding hydrogens is 252 g/mol. The fraction of sp³-hybridized carbons (Fsp3) is 0.562. The van der Waals surface area contributed by atoms with E-state index in [2.05, 4.69) is 12.1 Å². The Morgan fingerprint density at radius 3 is 2.55 bits per heavy atom. The Balaban J connectivity index is 1.75. The summed E-state index contributed by atoms with van der Waals surface area (Å²) in [6.45, 7) is 1.58. The predicted molar refractivity (Wildman–Crippen MR) is 79.1 cm³/mol. The van der Waals surface area contributed by atoms with Crippen molar-refractivity contribution < 1.29 is 9.90 Å². The van der Waals surface area contributed by atoms with Crippen molar-refractivity contribution >= 4 is 5.91 Å². The van der Waals surface area contributed by atoms with Gasteiger partial charge in [0.1, 0.15) is 0 Å². The normalized spacial score (nSPS) is 16.2. The summed E-state index contributed by atoms with van der Waals surface area (Å²) in [5.74, 6) is 0.468. The van der Waals surface area contributed by atoms with E-state index in [1.807, 2.05) is 30.1 Å². The van der Waals surface area contributed by atoms with Crippen LogP contribution in [0.25, 0.3) is 0 Å². The summed E-state index contributed by atoms with van der Waals surface area (Å²) in [6, 6.07) is 10.1. The predicted octanol–water partition coefficient (Wildman–Crippen LogP) is 1.35. The molecule has 4 nitrogen and oxygen atoms in total. The van der Waals surface area contributed by atoms with Crippen LogP contribution in [0.5, 0.6) is 0 Å². The summed E-state index contributed by atoms with van der Waals surface area (Å²) in [6.07, 6.45) is 1.83. The first-order chi connectivity index (χ1) is 9.56. The summed E-state index contributed by atoms with van der Waals surface area (Å²) < 4.78 is 0. The number of benzene rings is 1. The smallest absolute Gasteiger partial charge is 0.236 e. The van der Waals surface area contributed by atoms with Crippen LogP contribution in [0.4, 0.5) is 0 Å². The van der Waals surface area contributed by atoms with Crippen molar-refractivity contribution in [3.05, 3.63) is 35.9 Å². The van der Waals surface area contributed by atoms with Gasteiger partial charge >= 0.3 is 0 Å². The third kappa shape index (κ3) is 4.62. The Hall–Kier alpha value is -1.39. The number of carbonyl (C=O) groups excluding carboxylic acids is 1. The molecule has 20 heavy (non-hydrogen) atoms. The molecule has 1 unspecified atom stereocenters. The summed E-state index contributed by atoms with van der Waals surface area (Å²) in [5.41, 5.74) is 1.20.